The molecule has 96 valence electrons. The van der Waals surface area contributed by atoms with E-state index in [1.54, 1.807) is 11.3 Å². The predicted molar refractivity (Wildman–Crippen MR) is 70.3 cm³/mol. The Morgan fingerprint density at radius 3 is 3.06 bits per heavy atom. The van der Waals surface area contributed by atoms with Crippen molar-refractivity contribution in [2.24, 2.45) is 5.92 Å². The molecule has 2 heterocycles. The molecule has 0 aliphatic carbocycles. The lowest BCUT2D eigenvalue weighted by Crippen LogP contribution is -2.38. The molecule has 2 atom stereocenters. The van der Waals surface area contributed by atoms with Crippen LogP contribution in [0, 0.1) is 12.8 Å². The lowest BCUT2D eigenvalue weighted by molar-refractivity contribution is 0.172. The van der Waals surface area contributed by atoms with E-state index in [2.05, 4.69) is 29.2 Å². The Morgan fingerprint density at radius 2 is 2.41 bits per heavy atom. The molecular formula is C12H21N3OS. The van der Waals surface area contributed by atoms with Crippen molar-refractivity contribution in [3.8, 4) is 0 Å². The first-order valence-corrected chi connectivity index (χ1v) is 6.91. The van der Waals surface area contributed by atoms with Crippen molar-refractivity contribution >= 4 is 11.3 Å². The maximum absolute atomic E-state index is 5.52. The summed E-state index contributed by atoms with van der Waals surface area (Å²) in [4.78, 5) is 8.02. The summed E-state index contributed by atoms with van der Waals surface area (Å²) in [7, 11) is 4.18. The number of thiazole rings is 1. The fourth-order valence-electron chi connectivity index (χ4n) is 2.29. The van der Waals surface area contributed by atoms with Gasteiger partial charge in [-0.25, -0.2) is 4.98 Å². The molecule has 1 aliphatic rings. The van der Waals surface area contributed by atoms with Crippen LogP contribution in [-0.4, -0.2) is 49.8 Å². The van der Waals surface area contributed by atoms with Crippen LogP contribution in [0.3, 0.4) is 0 Å². The smallest absolute Gasteiger partial charge is 0.0798 e. The molecule has 0 radical (unpaired) electrons. The van der Waals surface area contributed by atoms with Crippen LogP contribution < -0.4 is 5.32 Å². The van der Waals surface area contributed by atoms with E-state index in [1.807, 2.05) is 12.6 Å². The second-order valence-corrected chi connectivity index (χ2v) is 5.69. The number of likely N-dealkylation sites (N-methyl/N-ethyl adjacent to an activating group) is 1. The summed E-state index contributed by atoms with van der Waals surface area (Å²) >= 11 is 1.74. The molecule has 1 aliphatic heterocycles. The number of ether oxygens (including phenoxy) is 1. The van der Waals surface area contributed by atoms with Gasteiger partial charge >= 0.3 is 0 Å². The second-order valence-electron chi connectivity index (χ2n) is 4.75. The van der Waals surface area contributed by atoms with Gasteiger partial charge in [0.15, 0.2) is 0 Å². The van der Waals surface area contributed by atoms with Crippen molar-refractivity contribution in [3.63, 3.8) is 0 Å². The highest BCUT2D eigenvalue weighted by Gasteiger charge is 2.27. The molecule has 0 amide bonds. The molecule has 0 saturated carbocycles. The zero-order valence-electron chi connectivity index (χ0n) is 10.8. The van der Waals surface area contributed by atoms with Crippen molar-refractivity contribution in [2.45, 2.75) is 19.5 Å². The Labute approximate surface area is 107 Å². The van der Waals surface area contributed by atoms with E-state index < -0.39 is 0 Å². The molecule has 17 heavy (non-hydrogen) atoms. The van der Waals surface area contributed by atoms with Gasteiger partial charge in [0.2, 0.25) is 0 Å². The largest absolute Gasteiger partial charge is 0.379 e. The van der Waals surface area contributed by atoms with E-state index >= 15 is 0 Å². The molecule has 0 spiro atoms. The third-order valence-corrected chi connectivity index (χ3v) is 4.29. The Hall–Kier alpha value is -0.490. The first-order chi connectivity index (χ1) is 8.20. The van der Waals surface area contributed by atoms with Crippen LogP contribution in [0.25, 0.3) is 0 Å². The van der Waals surface area contributed by atoms with Gasteiger partial charge in [0, 0.05) is 29.9 Å². The molecule has 1 aromatic heterocycles. The first-order valence-electron chi connectivity index (χ1n) is 6.03. The van der Waals surface area contributed by atoms with Crippen molar-refractivity contribution in [1.82, 2.24) is 15.2 Å². The lowest BCUT2D eigenvalue weighted by atomic mass is 10.0. The summed E-state index contributed by atoms with van der Waals surface area (Å²) in [5.74, 6) is 0.596. The van der Waals surface area contributed by atoms with Gasteiger partial charge in [-0.05, 0) is 21.0 Å². The van der Waals surface area contributed by atoms with E-state index in [1.165, 1.54) is 4.88 Å². The Morgan fingerprint density at radius 1 is 1.59 bits per heavy atom. The molecule has 0 aromatic carbocycles. The van der Waals surface area contributed by atoms with Crippen molar-refractivity contribution in [3.05, 3.63) is 16.1 Å². The molecule has 2 unspecified atom stereocenters. The van der Waals surface area contributed by atoms with Gasteiger partial charge < -0.3 is 15.0 Å². The number of aromatic nitrogens is 1. The predicted octanol–water partition coefficient (Wildman–Crippen LogP) is 1.12. The zero-order chi connectivity index (χ0) is 12.3. The molecule has 5 heteroatoms. The van der Waals surface area contributed by atoms with Crippen LogP contribution in [0.15, 0.2) is 5.51 Å². The van der Waals surface area contributed by atoms with Gasteiger partial charge in [-0.1, -0.05) is 0 Å². The minimum atomic E-state index is 0.500. The van der Waals surface area contributed by atoms with Crippen LogP contribution in [0.5, 0.6) is 0 Å². The topological polar surface area (TPSA) is 37.4 Å². The Kier molecular flexibility index (Phi) is 4.50. The monoisotopic (exact) mass is 255 g/mol. The maximum Gasteiger partial charge on any atom is 0.0798 e. The Bertz CT molecular complexity index is 355. The molecule has 1 aromatic rings. The third-order valence-electron chi connectivity index (χ3n) is 3.37. The standard InChI is InChI=1S/C12H21N3OS/c1-9-12(17-8-14-9)5-15(3)4-10-6-16-7-11(10)13-2/h8,10-11,13H,4-7H2,1-3H3. The van der Waals surface area contributed by atoms with Gasteiger partial charge in [-0.2, -0.15) is 0 Å². The average Bonchev–Trinajstić information content (AvgIpc) is 2.89. The second kappa shape index (κ2) is 5.91. The van der Waals surface area contributed by atoms with Gasteiger partial charge in [-0.3, -0.25) is 0 Å². The molecule has 0 bridgehead atoms. The molecular weight excluding hydrogens is 234 g/mol. The summed E-state index contributed by atoms with van der Waals surface area (Å²) in [6, 6.07) is 0.500. The highest BCUT2D eigenvalue weighted by Crippen LogP contribution is 2.18. The highest BCUT2D eigenvalue weighted by molar-refractivity contribution is 7.09. The van der Waals surface area contributed by atoms with Crippen LogP contribution in [0.1, 0.15) is 10.6 Å². The summed E-state index contributed by atoms with van der Waals surface area (Å²) in [5, 5.41) is 3.33. The van der Waals surface area contributed by atoms with Crippen LogP contribution in [0.4, 0.5) is 0 Å². The molecule has 1 N–H and O–H groups in total. The van der Waals surface area contributed by atoms with E-state index in [4.69, 9.17) is 4.74 Å². The normalized spacial score (nSPS) is 24.7. The number of hydrogen-bond acceptors (Lipinski definition) is 5. The minimum absolute atomic E-state index is 0.500. The number of nitrogens with one attached hydrogen (secondary N) is 1. The maximum atomic E-state index is 5.52. The van der Waals surface area contributed by atoms with E-state index in [0.717, 1.165) is 32.0 Å². The van der Waals surface area contributed by atoms with Gasteiger partial charge in [-0.15, -0.1) is 11.3 Å². The van der Waals surface area contributed by atoms with Gasteiger partial charge in [0.25, 0.3) is 0 Å². The van der Waals surface area contributed by atoms with E-state index in [0.29, 0.717) is 12.0 Å². The highest BCUT2D eigenvalue weighted by atomic mass is 32.1. The average molecular weight is 255 g/mol. The van der Waals surface area contributed by atoms with Crippen LogP contribution >= 0.6 is 11.3 Å². The third kappa shape index (κ3) is 3.25. The lowest BCUT2D eigenvalue weighted by Gasteiger charge is -2.23. The van der Waals surface area contributed by atoms with Crippen LogP contribution in [-0.2, 0) is 11.3 Å². The van der Waals surface area contributed by atoms with Crippen molar-refractivity contribution < 1.29 is 4.74 Å². The van der Waals surface area contributed by atoms with Crippen molar-refractivity contribution in [1.29, 1.82) is 0 Å². The molecule has 4 nitrogen and oxygen atoms in total. The van der Waals surface area contributed by atoms with Gasteiger partial charge in [0.1, 0.15) is 0 Å². The first kappa shape index (κ1) is 13.0. The fraction of sp³-hybridized carbons (Fsp3) is 0.750. The van der Waals surface area contributed by atoms with E-state index in [9.17, 15) is 0 Å². The molecule has 1 fully saturated rings. The summed E-state index contributed by atoms with van der Waals surface area (Å²) in [6.45, 7) is 5.85. The number of hydrogen-bond donors (Lipinski definition) is 1. The van der Waals surface area contributed by atoms with E-state index in [-0.39, 0.29) is 0 Å². The SMILES string of the molecule is CNC1COCC1CN(C)Cc1scnc1C. The fourth-order valence-corrected chi connectivity index (χ4v) is 3.14. The van der Waals surface area contributed by atoms with Gasteiger partial charge in [0.05, 0.1) is 24.4 Å². The zero-order valence-corrected chi connectivity index (χ0v) is 11.6. The number of aryl methyl sites for hydroxylation is 1. The number of nitrogens with zero attached hydrogens (tertiary/aromatic N) is 2. The molecule has 2 rings (SSSR count). The minimum Gasteiger partial charge on any atom is -0.379 e. The van der Waals surface area contributed by atoms with Crippen LogP contribution in [0.2, 0.25) is 0 Å². The van der Waals surface area contributed by atoms with Crippen molar-refractivity contribution in [2.75, 3.05) is 33.9 Å². The molecule has 1 saturated heterocycles. The number of rotatable bonds is 5. The summed E-state index contributed by atoms with van der Waals surface area (Å²) < 4.78 is 5.52. The quantitative estimate of drug-likeness (QED) is 0.855. The summed E-state index contributed by atoms with van der Waals surface area (Å²) in [6.07, 6.45) is 0. The summed E-state index contributed by atoms with van der Waals surface area (Å²) in [5.41, 5.74) is 3.09. The Balaban J connectivity index is 1.85.